The van der Waals surface area contributed by atoms with E-state index in [4.69, 9.17) is 23.7 Å². The maximum absolute atomic E-state index is 12.4. The number of rotatable bonds is 6. The highest BCUT2D eigenvalue weighted by Gasteiger charge is 2.32. The third-order valence-electron chi connectivity index (χ3n) is 4.34. The Balaban J connectivity index is 1.94. The Labute approximate surface area is 177 Å². The zero-order chi connectivity index (χ0) is 22.4. The minimum Gasteiger partial charge on any atom is -0.466 e. The summed E-state index contributed by atoms with van der Waals surface area (Å²) in [6.07, 6.45) is 1.42. The number of ether oxygens (including phenoxy) is 5. The van der Waals surface area contributed by atoms with E-state index in [1.165, 1.54) is 44.6 Å². The molecule has 2 aromatic rings. The molecule has 2 heterocycles. The van der Waals surface area contributed by atoms with Crippen LogP contribution in [0, 0.1) is 0 Å². The van der Waals surface area contributed by atoms with Gasteiger partial charge in [-0.25, -0.2) is 19.4 Å². The number of nitrogens with zero attached hydrogens (tertiary/aromatic N) is 2. The van der Waals surface area contributed by atoms with Crippen molar-refractivity contribution in [2.75, 3.05) is 39.6 Å². The van der Waals surface area contributed by atoms with E-state index in [2.05, 4.69) is 4.98 Å². The van der Waals surface area contributed by atoms with E-state index < -0.39 is 17.9 Å². The molecule has 0 aliphatic carbocycles. The third kappa shape index (κ3) is 4.81. The molecule has 0 atom stereocenters. The van der Waals surface area contributed by atoms with Crippen molar-refractivity contribution in [3.63, 3.8) is 0 Å². The van der Waals surface area contributed by atoms with E-state index in [1.54, 1.807) is 24.3 Å². The molecule has 0 amide bonds. The smallest absolute Gasteiger partial charge is 0.355 e. The molecule has 0 bridgehead atoms. The first-order valence-electron chi connectivity index (χ1n) is 9.05. The molecule has 1 aliphatic rings. The van der Waals surface area contributed by atoms with Gasteiger partial charge in [-0.3, -0.25) is 0 Å². The Hall–Kier alpha value is -3.92. The highest BCUT2D eigenvalue weighted by atomic mass is 16.5. The molecule has 0 saturated carbocycles. The summed E-state index contributed by atoms with van der Waals surface area (Å²) < 4.78 is 25.5. The molecule has 10 heteroatoms. The van der Waals surface area contributed by atoms with Gasteiger partial charge in [-0.2, -0.15) is 0 Å². The number of methoxy groups -OCH3 is 3. The van der Waals surface area contributed by atoms with Gasteiger partial charge in [-0.15, -0.1) is 0 Å². The van der Waals surface area contributed by atoms with Crippen molar-refractivity contribution in [2.24, 2.45) is 0 Å². The van der Waals surface area contributed by atoms with Crippen molar-refractivity contribution < 1.29 is 38.1 Å². The molecule has 0 saturated heterocycles. The second-order valence-electron chi connectivity index (χ2n) is 6.19. The van der Waals surface area contributed by atoms with Gasteiger partial charge in [0.1, 0.15) is 18.2 Å². The molecule has 0 unspecified atom stereocenters. The lowest BCUT2D eigenvalue weighted by molar-refractivity contribution is -0.140. The lowest BCUT2D eigenvalue weighted by atomic mass is 10.1. The fourth-order valence-corrected chi connectivity index (χ4v) is 2.89. The fourth-order valence-electron chi connectivity index (χ4n) is 2.89. The molecule has 1 aromatic carbocycles. The quantitative estimate of drug-likeness (QED) is 0.500. The zero-order valence-corrected chi connectivity index (χ0v) is 17.1. The van der Waals surface area contributed by atoms with Crippen LogP contribution in [0.1, 0.15) is 10.4 Å². The fraction of sp³-hybridized carbons (Fsp3) is 0.238. The molecule has 0 N–H and O–H groups in total. The molecular formula is C21H20N2O8. The number of aromatic nitrogens is 1. The van der Waals surface area contributed by atoms with Crippen molar-refractivity contribution in [2.45, 2.75) is 0 Å². The lowest BCUT2D eigenvalue weighted by Crippen LogP contribution is -2.38. The van der Waals surface area contributed by atoms with Crippen molar-refractivity contribution in [1.29, 1.82) is 0 Å². The SMILES string of the molecule is COC(=O)C1=C(C(=O)OC)N(c2cccc(Oc3cc(C(=O)OC)ccn3)c2)COC1. The van der Waals surface area contributed by atoms with Crippen LogP contribution in [0.2, 0.25) is 0 Å². The number of hydrogen-bond donors (Lipinski definition) is 0. The van der Waals surface area contributed by atoms with E-state index in [0.717, 1.165) is 0 Å². The lowest BCUT2D eigenvalue weighted by Gasteiger charge is -2.31. The molecule has 31 heavy (non-hydrogen) atoms. The van der Waals surface area contributed by atoms with Crippen LogP contribution in [0.25, 0.3) is 0 Å². The molecule has 1 aliphatic heterocycles. The molecule has 0 radical (unpaired) electrons. The molecule has 1 aromatic heterocycles. The Morgan fingerprint density at radius 3 is 2.42 bits per heavy atom. The first-order chi connectivity index (χ1) is 15.0. The average Bonchev–Trinajstić information content (AvgIpc) is 2.82. The summed E-state index contributed by atoms with van der Waals surface area (Å²) in [6.45, 7) is -0.0848. The summed E-state index contributed by atoms with van der Waals surface area (Å²) in [4.78, 5) is 41.8. The van der Waals surface area contributed by atoms with Gasteiger partial charge in [-0.05, 0) is 18.2 Å². The summed E-state index contributed by atoms with van der Waals surface area (Å²) in [6, 6.07) is 9.63. The first kappa shape index (κ1) is 21.8. The molecule has 10 nitrogen and oxygen atoms in total. The number of anilines is 1. The average molecular weight is 428 g/mol. The largest absolute Gasteiger partial charge is 0.466 e. The van der Waals surface area contributed by atoms with E-state index >= 15 is 0 Å². The monoisotopic (exact) mass is 428 g/mol. The van der Waals surface area contributed by atoms with E-state index in [-0.39, 0.29) is 36.1 Å². The summed E-state index contributed by atoms with van der Waals surface area (Å²) in [7, 11) is 3.72. The summed E-state index contributed by atoms with van der Waals surface area (Å²) in [5.41, 5.74) is 0.845. The third-order valence-corrected chi connectivity index (χ3v) is 4.34. The van der Waals surface area contributed by atoms with Crippen LogP contribution < -0.4 is 9.64 Å². The van der Waals surface area contributed by atoms with Gasteiger partial charge in [0, 0.05) is 24.0 Å². The Morgan fingerprint density at radius 1 is 0.968 bits per heavy atom. The molecule has 3 rings (SSSR count). The number of carbonyl (C=O) groups excluding carboxylic acids is 3. The van der Waals surface area contributed by atoms with Crippen LogP contribution in [0.4, 0.5) is 5.69 Å². The highest BCUT2D eigenvalue weighted by molar-refractivity contribution is 6.03. The van der Waals surface area contributed by atoms with E-state index in [0.29, 0.717) is 11.4 Å². The van der Waals surface area contributed by atoms with Crippen molar-refractivity contribution in [3.8, 4) is 11.6 Å². The minimum absolute atomic E-state index is 0.00442. The predicted molar refractivity (Wildman–Crippen MR) is 106 cm³/mol. The Bertz CT molecular complexity index is 1030. The van der Waals surface area contributed by atoms with Crippen LogP contribution in [0.5, 0.6) is 11.6 Å². The van der Waals surface area contributed by atoms with Crippen molar-refractivity contribution >= 4 is 23.6 Å². The molecular weight excluding hydrogens is 408 g/mol. The van der Waals surface area contributed by atoms with Gasteiger partial charge < -0.3 is 28.6 Å². The number of pyridine rings is 1. The normalized spacial score (nSPS) is 13.5. The Kier molecular flexibility index (Phi) is 6.83. The van der Waals surface area contributed by atoms with Gasteiger partial charge in [-0.1, -0.05) is 6.07 Å². The molecule has 162 valence electrons. The number of carbonyl (C=O) groups is 3. The van der Waals surface area contributed by atoms with Gasteiger partial charge in [0.2, 0.25) is 5.88 Å². The van der Waals surface area contributed by atoms with Crippen LogP contribution in [-0.2, 0) is 28.5 Å². The predicted octanol–water partition coefficient (Wildman–Crippen LogP) is 2.05. The molecule has 0 spiro atoms. The van der Waals surface area contributed by atoms with Gasteiger partial charge in [0.25, 0.3) is 0 Å². The van der Waals surface area contributed by atoms with Crippen LogP contribution in [0.3, 0.4) is 0 Å². The summed E-state index contributed by atoms with van der Waals surface area (Å²) in [5.74, 6) is -1.37. The standard InChI is InChI=1S/C21H20N2O8/c1-27-19(24)13-7-8-22-17(9-13)31-15-6-4-5-14(10-15)23-12-30-11-16(20(25)28-2)18(23)21(26)29-3/h4-10H,11-12H2,1-3H3. The number of hydrogen-bond acceptors (Lipinski definition) is 10. The van der Waals surface area contributed by atoms with Gasteiger partial charge in [0.05, 0.1) is 39.1 Å². The molecule has 0 fully saturated rings. The number of benzene rings is 1. The van der Waals surface area contributed by atoms with Crippen LogP contribution in [-0.4, -0.2) is 57.6 Å². The maximum Gasteiger partial charge on any atom is 0.355 e. The van der Waals surface area contributed by atoms with E-state index in [9.17, 15) is 14.4 Å². The van der Waals surface area contributed by atoms with Crippen molar-refractivity contribution in [1.82, 2.24) is 4.98 Å². The minimum atomic E-state index is -0.706. The highest BCUT2D eigenvalue weighted by Crippen LogP contribution is 2.30. The number of esters is 3. The second-order valence-corrected chi connectivity index (χ2v) is 6.19. The maximum atomic E-state index is 12.4. The first-order valence-corrected chi connectivity index (χ1v) is 9.05. The van der Waals surface area contributed by atoms with Crippen LogP contribution >= 0.6 is 0 Å². The summed E-state index contributed by atoms with van der Waals surface area (Å²) in [5, 5.41) is 0. The Morgan fingerprint density at radius 2 is 1.71 bits per heavy atom. The zero-order valence-electron chi connectivity index (χ0n) is 17.1. The van der Waals surface area contributed by atoms with Crippen molar-refractivity contribution in [3.05, 3.63) is 59.4 Å². The van der Waals surface area contributed by atoms with E-state index in [1.807, 2.05) is 0 Å². The second kappa shape index (κ2) is 9.72. The topological polar surface area (TPSA) is 113 Å². The van der Waals surface area contributed by atoms with Gasteiger partial charge >= 0.3 is 17.9 Å². The summed E-state index contributed by atoms with van der Waals surface area (Å²) >= 11 is 0. The van der Waals surface area contributed by atoms with Gasteiger partial charge in [0.15, 0.2) is 0 Å². The van der Waals surface area contributed by atoms with Crippen LogP contribution in [0.15, 0.2) is 53.9 Å².